The molecule has 0 unspecified atom stereocenters. The maximum Gasteiger partial charge on any atom is 0.166 e. The molecule has 2 aromatic carbocycles. The molecule has 0 amide bonds. The van der Waals surface area contributed by atoms with Gasteiger partial charge in [-0.3, -0.25) is 0 Å². The molecule has 2 aromatic rings. The van der Waals surface area contributed by atoms with E-state index in [1.165, 1.54) is 5.56 Å². The van der Waals surface area contributed by atoms with Crippen LogP contribution in [0, 0.1) is 6.92 Å². The number of hydrogen-bond acceptors (Lipinski definition) is 1. The fourth-order valence-electron chi connectivity index (χ4n) is 1.70. The van der Waals surface area contributed by atoms with Crippen molar-refractivity contribution in [3.05, 3.63) is 65.7 Å². The van der Waals surface area contributed by atoms with Crippen LogP contribution in [-0.2, 0) is 10.7 Å². The van der Waals surface area contributed by atoms with Crippen molar-refractivity contribution in [3.63, 3.8) is 0 Å². The molecule has 0 aromatic heterocycles. The highest BCUT2D eigenvalue weighted by atomic mass is 32.2. The predicted octanol–water partition coefficient (Wildman–Crippen LogP) is 4.13. The van der Waals surface area contributed by atoms with Crippen molar-refractivity contribution in [2.45, 2.75) is 6.92 Å². The van der Waals surface area contributed by atoms with E-state index in [0.717, 1.165) is 17.1 Å². The zero-order valence-electron chi connectivity index (χ0n) is 11.5. The lowest BCUT2D eigenvalue weighted by Crippen LogP contribution is -1.98. The van der Waals surface area contributed by atoms with Crippen LogP contribution in [0.5, 0.6) is 0 Å². The van der Waals surface area contributed by atoms with Crippen molar-refractivity contribution in [2.75, 3.05) is 12.5 Å². The van der Waals surface area contributed by atoms with E-state index in [0.29, 0.717) is 0 Å². The molecule has 3 heteroatoms. The molecule has 0 radical (unpaired) electrons. The second-order valence-corrected chi connectivity index (χ2v) is 6.18. The lowest BCUT2D eigenvalue weighted by molar-refractivity contribution is 1.38. The Morgan fingerprint density at radius 1 is 0.895 bits per heavy atom. The first kappa shape index (κ1) is 13.7. The molecule has 19 heavy (non-hydrogen) atoms. The summed E-state index contributed by atoms with van der Waals surface area (Å²) in [4.78, 5) is 4.73. The smallest absolute Gasteiger partial charge is 0.166 e. The standard InChI is InChI=1S/C16H18N2S/c1-13-9-7-8-12-15(13)17-16(18-19(2)3)14-10-5-4-6-11-14/h4-12H,1-3H3. The first-order valence-electron chi connectivity index (χ1n) is 6.16. The summed E-state index contributed by atoms with van der Waals surface area (Å²) in [6, 6.07) is 18.3. The van der Waals surface area contributed by atoms with Crippen LogP contribution in [0.4, 0.5) is 5.69 Å². The summed E-state index contributed by atoms with van der Waals surface area (Å²) in [5, 5.41) is 0. The Kier molecular flexibility index (Phi) is 4.63. The summed E-state index contributed by atoms with van der Waals surface area (Å²) in [5.41, 5.74) is 3.21. The van der Waals surface area contributed by atoms with Crippen LogP contribution < -0.4 is 0 Å². The Morgan fingerprint density at radius 2 is 1.53 bits per heavy atom. The average molecular weight is 270 g/mol. The first-order valence-corrected chi connectivity index (χ1v) is 8.16. The van der Waals surface area contributed by atoms with Crippen LogP contribution in [0.25, 0.3) is 0 Å². The van der Waals surface area contributed by atoms with Gasteiger partial charge < -0.3 is 0 Å². The molecule has 2 rings (SSSR count). The summed E-state index contributed by atoms with van der Waals surface area (Å²) >= 11 is 0. The van der Waals surface area contributed by atoms with Crippen LogP contribution in [0.2, 0.25) is 0 Å². The number of hydrogen-bond donors (Lipinski definition) is 0. The lowest BCUT2D eigenvalue weighted by Gasteiger charge is -2.04. The van der Waals surface area contributed by atoms with Gasteiger partial charge in [-0.1, -0.05) is 59.2 Å². The first-order chi connectivity index (χ1) is 9.16. The van der Waals surface area contributed by atoms with Gasteiger partial charge in [0.25, 0.3) is 0 Å². The highest BCUT2D eigenvalue weighted by Crippen LogP contribution is 2.19. The summed E-state index contributed by atoms with van der Waals surface area (Å²) in [6.07, 6.45) is 4.19. The van der Waals surface area contributed by atoms with E-state index in [-0.39, 0.29) is 10.7 Å². The van der Waals surface area contributed by atoms with Crippen molar-refractivity contribution < 1.29 is 0 Å². The zero-order valence-corrected chi connectivity index (χ0v) is 12.3. The molecule has 0 spiro atoms. The molecule has 0 atom stereocenters. The van der Waals surface area contributed by atoms with E-state index in [4.69, 9.17) is 4.99 Å². The highest BCUT2D eigenvalue weighted by Gasteiger charge is 2.03. The summed E-state index contributed by atoms with van der Waals surface area (Å²) < 4.78 is 4.66. The Bertz CT molecular complexity index is 612. The number of rotatable bonds is 2. The normalized spacial score (nSPS) is 11.7. The Balaban J connectivity index is 2.51. The maximum atomic E-state index is 4.73. The number of para-hydroxylation sites is 1. The third-order valence-corrected chi connectivity index (χ3v) is 3.18. The maximum absolute atomic E-state index is 4.73. The van der Waals surface area contributed by atoms with Gasteiger partial charge in [-0.05, 0) is 31.1 Å². The molecule has 0 fully saturated rings. The second-order valence-electron chi connectivity index (χ2n) is 4.45. The number of amidine groups is 1. The second kappa shape index (κ2) is 6.43. The van der Waals surface area contributed by atoms with Crippen molar-refractivity contribution in [1.29, 1.82) is 0 Å². The number of benzene rings is 2. The summed E-state index contributed by atoms with van der Waals surface area (Å²) in [5.74, 6) is 0.809. The van der Waals surface area contributed by atoms with Crippen molar-refractivity contribution in [3.8, 4) is 0 Å². The minimum Gasteiger partial charge on any atom is -0.228 e. The Labute approximate surface area is 117 Å². The Morgan fingerprint density at radius 3 is 2.16 bits per heavy atom. The molecule has 2 nitrogen and oxygen atoms in total. The van der Waals surface area contributed by atoms with E-state index in [9.17, 15) is 0 Å². The van der Waals surface area contributed by atoms with Gasteiger partial charge in [0.2, 0.25) is 0 Å². The van der Waals surface area contributed by atoms with Gasteiger partial charge in [0.1, 0.15) is 0 Å². The molecule has 0 saturated heterocycles. The molecule has 0 saturated carbocycles. The minimum atomic E-state index is -0.0322. The van der Waals surface area contributed by atoms with Crippen LogP contribution in [-0.4, -0.2) is 18.3 Å². The van der Waals surface area contributed by atoms with Gasteiger partial charge in [-0.2, -0.15) is 0 Å². The van der Waals surface area contributed by atoms with E-state index in [2.05, 4.69) is 29.9 Å². The quantitative estimate of drug-likeness (QED) is 0.579. The van der Waals surface area contributed by atoms with E-state index < -0.39 is 0 Å². The van der Waals surface area contributed by atoms with Crippen LogP contribution >= 0.6 is 0 Å². The van der Waals surface area contributed by atoms with Crippen LogP contribution in [0.15, 0.2) is 64.0 Å². The van der Waals surface area contributed by atoms with E-state index in [1.807, 2.05) is 48.5 Å². The largest absolute Gasteiger partial charge is 0.228 e. The van der Waals surface area contributed by atoms with Crippen LogP contribution in [0.1, 0.15) is 11.1 Å². The topological polar surface area (TPSA) is 24.7 Å². The van der Waals surface area contributed by atoms with Crippen molar-refractivity contribution in [1.82, 2.24) is 0 Å². The van der Waals surface area contributed by atoms with Gasteiger partial charge in [-0.15, -0.1) is 0 Å². The van der Waals surface area contributed by atoms with E-state index >= 15 is 0 Å². The van der Waals surface area contributed by atoms with Gasteiger partial charge in [-0.25, -0.2) is 9.36 Å². The van der Waals surface area contributed by atoms with E-state index in [1.54, 1.807) is 0 Å². The molecule has 0 N–H and O–H groups in total. The fourth-order valence-corrected chi connectivity index (χ4v) is 2.19. The monoisotopic (exact) mass is 270 g/mol. The summed E-state index contributed by atoms with van der Waals surface area (Å²) in [7, 11) is -0.0322. The third-order valence-electron chi connectivity index (χ3n) is 2.64. The zero-order chi connectivity index (χ0) is 13.7. The van der Waals surface area contributed by atoms with Gasteiger partial charge >= 0.3 is 0 Å². The predicted molar refractivity (Wildman–Crippen MR) is 85.5 cm³/mol. The number of aryl methyl sites for hydroxylation is 1. The van der Waals surface area contributed by atoms with Gasteiger partial charge in [0.05, 0.1) is 5.69 Å². The molecular formula is C16H18N2S. The lowest BCUT2D eigenvalue weighted by atomic mass is 10.2. The number of nitrogens with zero attached hydrogens (tertiary/aromatic N) is 2. The molecule has 0 heterocycles. The van der Waals surface area contributed by atoms with Gasteiger partial charge in [0.15, 0.2) is 5.84 Å². The molecule has 0 aliphatic carbocycles. The molecule has 0 bridgehead atoms. The van der Waals surface area contributed by atoms with Crippen molar-refractivity contribution in [2.24, 2.45) is 9.36 Å². The Hall–Kier alpha value is -1.74. The fraction of sp³-hybridized carbons (Fsp3) is 0.188. The highest BCUT2D eigenvalue weighted by molar-refractivity contribution is 7.86. The molecule has 0 aliphatic rings. The third kappa shape index (κ3) is 3.86. The van der Waals surface area contributed by atoms with Crippen LogP contribution in [0.3, 0.4) is 0 Å². The SMILES string of the molecule is Cc1ccccc1N=C(N=S(C)C)c1ccccc1. The molecular weight excluding hydrogens is 252 g/mol. The molecule has 0 aliphatic heterocycles. The molecule has 98 valence electrons. The van der Waals surface area contributed by atoms with Gasteiger partial charge in [0, 0.05) is 5.56 Å². The van der Waals surface area contributed by atoms with Crippen molar-refractivity contribution >= 4 is 22.2 Å². The average Bonchev–Trinajstić information content (AvgIpc) is 2.41. The summed E-state index contributed by atoms with van der Waals surface area (Å²) in [6.45, 7) is 2.07. The number of aliphatic imine (C=N–C) groups is 1. The minimum absolute atomic E-state index is 0.0322.